The number of nitrogens with zero attached hydrogens (tertiary/aromatic N) is 1. The lowest BCUT2D eigenvalue weighted by molar-refractivity contribution is 0.617. The number of rotatable bonds is 3. The standard InChI is InChI=1S/C13H11Br2FN2/c14-9-2-3-10(18-7-9)6-13(17)8-1-4-12(16)11(15)5-8/h1-5,7,13H,6,17H2. The van der Waals surface area contributed by atoms with Crippen molar-refractivity contribution in [3.63, 3.8) is 0 Å². The highest BCUT2D eigenvalue weighted by Gasteiger charge is 2.10. The smallest absolute Gasteiger partial charge is 0.137 e. The minimum absolute atomic E-state index is 0.199. The number of benzene rings is 1. The number of hydrogen-bond donors (Lipinski definition) is 1. The second-order valence-corrected chi connectivity index (χ2v) is 5.72. The van der Waals surface area contributed by atoms with E-state index in [4.69, 9.17) is 5.73 Å². The van der Waals surface area contributed by atoms with Crippen molar-refractivity contribution in [2.45, 2.75) is 12.5 Å². The zero-order chi connectivity index (χ0) is 13.1. The normalized spacial score (nSPS) is 12.4. The van der Waals surface area contributed by atoms with Gasteiger partial charge in [-0.25, -0.2) is 4.39 Å². The first-order chi connectivity index (χ1) is 8.56. The Bertz CT molecular complexity index is 543. The molecular weight excluding hydrogens is 363 g/mol. The molecule has 2 nitrogen and oxygen atoms in total. The van der Waals surface area contributed by atoms with Crippen molar-refractivity contribution in [1.29, 1.82) is 0 Å². The van der Waals surface area contributed by atoms with E-state index in [9.17, 15) is 4.39 Å². The minimum Gasteiger partial charge on any atom is -0.324 e. The maximum absolute atomic E-state index is 13.1. The molecule has 0 bridgehead atoms. The van der Waals surface area contributed by atoms with E-state index in [-0.39, 0.29) is 11.9 Å². The van der Waals surface area contributed by atoms with Crippen LogP contribution in [0.1, 0.15) is 17.3 Å². The van der Waals surface area contributed by atoms with E-state index in [0.29, 0.717) is 10.9 Å². The van der Waals surface area contributed by atoms with Gasteiger partial charge in [-0.05, 0) is 61.7 Å². The van der Waals surface area contributed by atoms with Gasteiger partial charge in [-0.2, -0.15) is 0 Å². The van der Waals surface area contributed by atoms with Crippen LogP contribution in [0, 0.1) is 5.82 Å². The topological polar surface area (TPSA) is 38.9 Å². The molecule has 0 radical (unpaired) electrons. The van der Waals surface area contributed by atoms with Crippen LogP contribution in [0.4, 0.5) is 4.39 Å². The van der Waals surface area contributed by atoms with Gasteiger partial charge in [0.25, 0.3) is 0 Å². The second-order valence-electron chi connectivity index (χ2n) is 3.95. The molecule has 1 heterocycles. The molecule has 0 saturated carbocycles. The Balaban J connectivity index is 2.13. The van der Waals surface area contributed by atoms with Crippen molar-refractivity contribution in [2.75, 3.05) is 0 Å². The van der Waals surface area contributed by atoms with Crippen molar-refractivity contribution in [1.82, 2.24) is 4.98 Å². The van der Waals surface area contributed by atoms with Gasteiger partial charge in [-0.1, -0.05) is 6.07 Å². The number of aromatic nitrogens is 1. The Labute approximate surface area is 122 Å². The number of halogens is 3. The van der Waals surface area contributed by atoms with Crippen molar-refractivity contribution < 1.29 is 4.39 Å². The van der Waals surface area contributed by atoms with Crippen LogP contribution in [0.2, 0.25) is 0 Å². The molecule has 1 aromatic heterocycles. The van der Waals surface area contributed by atoms with Crippen LogP contribution >= 0.6 is 31.9 Å². The highest BCUT2D eigenvalue weighted by atomic mass is 79.9. The predicted octanol–water partition coefficient (Wildman–Crippen LogP) is 3.99. The predicted molar refractivity (Wildman–Crippen MR) is 76.7 cm³/mol. The van der Waals surface area contributed by atoms with Gasteiger partial charge < -0.3 is 5.73 Å². The molecule has 2 N–H and O–H groups in total. The molecule has 2 aromatic rings. The Kier molecular flexibility index (Phi) is 4.48. The summed E-state index contributed by atoms with van der Waals surface area (Å²) in [5.41, 5.74) is 7.88. The average Bonchev–Trinajstić information content (AvgIpc) is 2.35. The summed E-state index contributed by atoms with van der Waals surface area (Å²) in [6, 6.07) is 8.46. The molecule has 5 heteroatoms. The summed E-state index contributed by atoms with van der Waals surface area (Å²) >= 11 is 6.49. The number of hydrogen-bond acceptors (Lipinski definition) is 2. The molecule has 0 aliphatic carbocycles. The van der Waals surface area contributed by atoms with Crippen LogP contribution in [0.15, 0.2) is 45.5 Å². The first-order valence-electron chi connectivity index (χ1n) is 5.37. The molecular formula is C13H11Br2FN2. The maximum atomic E-state index is 13.1. The third-order valence-electron chi connectivity index (χ3n) is 2.59. The quantitative estimate of drug-likeness (QED) is 0.883. The molecule has 1 atom stereocenters. The number of pyridine rings is 1. The van der Waals surface area contributed by atoms with Gasteiger partial charge in [0.15, 0.2) is 0 Å². The fourth-order valence-electron chi connectivity index (χ4n) is 1.61. The zero-order valence-corrected chi connectivity index (χ0v) is 12.6. The molecule has 2 rings (SSSR count). The summed E-state index contributed by atoms with van der Waals surface area (Å²) in [5, 5.41) is 0. The van der Waals surface area contributed by atoms with Gasteiger partial charge in [0.1, 0.15) is 5.82 Å². The summed E-state index contributed by atoms with van der Waals surface area (Å²) in [6.45, 7) is 0. The molecule has 18 heavy (non-hydrogen) atoms. The average molecular weight is 374 g/mol. The van der Waals surface area contributed by atoms with Crippen molar-refractivity contribution >= 4 is 31.9 Å². The Morgan fingerprint density at radius 3 is 2.61 bits per heavy atom. The Hall–Kier alpha value is -0.780. The van der Waals surface area contributed by atoms with Gasteiger partial charge in [0.2, 0.25) is 0 Å². The van der Waals surface area contributed by atoms with Crippen molar-refractivity contribution in [3.05, 3.63) is 62.5 Å². The highest BCUT2D eigenvalue weighted by molar-refractivity contribution is 9.10. The summed E-state index contributed by atoms with van der Waals surface area (Å²) in [7, 11) is 0. The zero-order valence-electron chi connectivity index (χ0n) is 9.41. The Morgan fingerprint density at radius 1 is 1.22 bits per heavy atom. The SMILES string of the molecule is NC(Cc1ccc(Br)cn1)c1ccc(F)c(Br)c1. The highest BCUT2D eigenvalue weighted by Crippen LogP contribution is 2.22. The second kappa shape index (κ2) is 5.91. The molecule has 0 aliphatic rings. The molecule has 1 aromatic carbocycles. The van der Waals surface area contributed by atoms with E-state index in [1.165, 1.54) is 6.07 Å². The maximum Gasteiger partial charge on any atom is 0.137 e. The van der Waals surface area contributed by atoms with Crippen LogP contribution < -0.4 is 5.73 Å². The third-order valence-corrected chi connectivity index (χ3v) is 3.67. The molecule has 1 unspecified atom stereocenters. The van der Waals surface area contributed by atoms with E-state index < -0.39 is 0 Å². The monoisotopic (exact) mass is 372 g/mol. The minimum atomic E-state index is -0.285. The van der Waals surface area contributed by atoms with E-state index >= 15 is 0 Å². The molecule has 0 aliphatic heterocycles. The van der Waals surface area contributed by atoms with Crippen LogP contribution in [-0.2, 0) is 6.42 Å². The molecule has 0 amide bonds. The third kappa shape index (κ3) is 3.37. The fraction of sp³-hybridized carbons (Fsp3) is 0.154. The van der Waals surface area contributed by atoms with Gasteiger partial charge in [-0.3, -0.25) is 4.98 Å². The van der Waals surface area contributed by atoms with E-state index in [1.807, 2.05) is 12.1 Å². The van der Waals surface area contributed by atoms with Crippen LogP contribution in [0.5, 0.6) is 0 Å². The summed E-state index contributed by atoms with van der Waals surface area (Å²) < 4.78 is 14.5. The molecule has 0 spiro atoms. The lowest BCUT2D eigenvalue weighted by atomic mass is 10.0. The van der Waals surface area contributed by atoms with Gasteiger partial charge in [0, 0.05) is 28.8 Å². The van der Waals surface area contributed by atoms with Gasteiger partial charge in [-0.15, -0.1) is 0 Å². The lowest BCUT2D eigenvalue weighted by Crippen LogP contribution is -2.14. The molecule has 0 fully saturated rings. The van der Waals surface area contributed by atoms with E-state index in [1.54, 1.807) is 18.3 Å². The fourth-order valence-corrected chi connectivity index (χ4v) is 2.24. The van der Waals surface area contributed by atoms with Crippen LogP contribution in [0.3, 0.4) is 0 Å². The van der Waals surface area contributed by atoms with E-state index in [2.05, 4.69) is 36.8 Å². The van der Waals surface area contributed by atoms with Crippen molar-refractivity contribution in [3.8, 4) is 0 Å². The van der Waals surface area contributed by atoms with Crippen LogP contribution in [0.25, 0.3) is 0 Å². The summed E-state index contributed by atoms with van der Waals surface area (Å²) in [4.78, 5) is 4.27. The first-order valence-corrected chi connectivity index (χ1v) is 6.96. The van der Waals surface area contributed by atoms with Crippen LogP contribution in [-0.4, -0.2) is 4.98 Å². The van der Waals surface area contributed by atoms with Gasteiger partial charge in [0.05, 0.1) is 4.47 Å². The largest absolute Gasteiger partial charge is 0.324 e. The van der Waals surface area contributed by atoms with E-state index in [0.717, 1.165) is 15.7 Å². The molecule has 0 saturated heterocycles. The summed E-state index contributed by atoms with van der Waals surface area (Å²) in [6.07, 6.45) is 2.36. The first kappa shape index (κ1) is 13.6. The van der Waals surface area contributed by atoms with Gasteiger partial charge >= 0.3 is 0 Å². The number of nitrogens with two attached hydrogens (primary N) is 1. The molecule has 94 valence electrons. The Morgan fingerprint density at radius 2 is 2.00 bits per heavy atom. The van der Waals surface area contributed by atoms with Crippen molar-refractivity contribution in [2.24, 2.45) is 5.73 Å². The lowest BCUT2D eigenvalue weighted by Gasteiger charge is -2.12. The summed E-state index contributed by atoms with van der Waals surface area (Å²) in [5.74, 6) is -0.285.